The highest BCUT2D eigenvalue weighted by molar-refractivity contribution is 5.96. The van der Waals surface area contributed by atoms with Crippen LogP contribution < -0.4 is 10.1 Å². The summed E-state index contributed by atoms with van der Waals surface area (Å²) >= 11 is 0. The number of aromatic nitrogens is 2. The number of benzene rings is 3. The van der Waals surface area contributed by atoms with Crippen molar-refractivity contribution in [2.45, 2.75) is 12.5 Å². The molecular formula is C28H25N3O3. The molecule has 0 saturated carbocycles. The molecule has 1 N–H and O–H groups in total. The van der Waals surface area contributed by atoms with Crippen LogP contribution in [-0.4, -0.2) is 22.6 Å². The minimum atomic E-state index is -0.364. The molecule has 0 fully saturated rings. The van der Waals surface area contributed by atoms with Gasteiger partial charge in [-0.15, -0.1) is 0 Å². The van der Waals surface area contributed by atoms with Crippen LogP contribution in [0.25, 0.3) is 22.2 Å². The Kier molecular flexibility index (Phi) is 5.87. The van der Waals surface area contributed by atoms with Crippen molar-refractivity contribution in [2.24, 2.45) is 7.05 Å². The van der Waals surface area contributed by atoms with Gasteiger partial charge in [0.05, 0.1) is 25.0 Å². The summed E-state index contributed by atoms with van der Waals surface area (Å²) in [4.78, 5) is 17.9. The Balaban J connectivity index is 1.48. The normalized spacial score (nSPS) is 11.9. The molecule has 0 radical (unpaired) electrons. The molecule has 0 spiro atoms. The Hall–Kier alpha value is -4.32. The maximum Gasteiger partial charge on any atom is 0.287 e. The summed E-state index contributed by atoms with van der Waals surface area (Å²) in [5, 5.41) is 4.04. The first-order valence-electron chi connectivity index (χ1n) is 11.1. The number of para-hydroxylation sites is 1. The topological polar surface area (TPSA) is 69.3 Å². The zero-order chi connectivity index (χ0) is 23.5. The molecule has 2 heterocycles. The third-order valence-corrected chi connectivity index (χ3v) is 5.96. The second kappa shape index (κ2) is 9.27. The molecule has 1 amide bonds. The van der Waals surface area contributed by atoms with Crippen molar-refractivity contribution in [2.75, 3.05) is 7.11 Å². The Labute approximate surface area is 197 Å². The predicted molar refractivity (Wildman–Crippen MR) is 132 cm³/mol. The third kappa shape index (κ3) is 4.30. The maximum absolute atomic E-state index is 13.2. The van der Waals surface area contributed by atoms with Crippen molar-refractivity contribution in [1.82, 2.24) is 14.9 Å². The van der Waals surface area contributed by atoms with E-state index in [1.165, 1.54) is 0 Å². The number of nitrogens with zero attached hydrogens (tertiary/aromatic N) is 2. The van der Waals surface area contributed by atoms with Gasteiger partial charge in [0.2, 0.25) is 0 Å². The molecule has 1 atom stereocenters. The van der Waals surface area contributed by atoms with E-state index >= 15 is 0 Å². The van der Waals surface area contributed by atoms with Crippen molar-refractivity contribution in [1.29, 1.82) is 0 Å². The van der Waals surface area contributed by atoms with E-state index in [0.29, 0.717) is 12.0 Å². The SMILES string of the molecule is COc1ccc(CC(NC(=O)c2cc3ccccc3o2)c2ncc(-c3ccccc3)n2C)cc1. The van der Waals surface area contributed by atoms with Crippen LogP contribution >= 0.6 is 0 Å². The van der Waals surface area contributed by atoms with Gasteiger partial charge in [-0.1, -0.05) is 60.7 Å². The lowest BCUT2D eigenvalue weighted by atomic mass is 10.0. The fourth-order valence-electron chi connectivity index (χ4n) is 4.15. The quantitative estimate of drug-likeness (QED) is 0.352. The number of ether oxygens (including phenoxy) is 1. The summed E-state index contributed by atoms with van der Waals surface area (Å²) in [6.07, 6.45) is 2.41. The first kappa shape index (κ1) is 21.5. The second-order valence-corrected chi connectivity index (χ2v) is 8.15. The predicted octanol–water partition coefficient (Wildman–Crippen LogP) is 5.56. The lowest BCUT2D eigenvalue weighted by molar-refractivity contribution is 0.0908. The summed E-state index contributed by atoms with van der Waals surface area (Å²) in [5.41, 5.74) is 3.78. The van der Waals surface area contributed by atoms with Gasteiger partial charge in [0.1, 0.15) is 17.2 Å². The van der Waals surface area contributed by atoms with E-state index in [0.717, 1.165) is 33.8 Å². The average molecular weight is 452 g/mol. The molecule has 1 unspecified atom stereocenters. The van der Waals surface area contributed by atoms with Gasteiger partial charge in [0.25, 0.3) is 5.91 Å². The molecule has 6 nitrogen and oxygen atoms in total. The van der Waals surface area contributed by atoms with Crippen molar-refractivity contribution < 1.29 is 13.9 Å². The van der Waals surface area contributed by atoms with Gasteiger partial charge in [-0.05, 0) is 41.8 Å². The molecule has 170 valence electrons. The number of carbonyl (C=O) groups is 1. The van der Waals surface area contributed by atoms with Gasteiger partial charge in [0.15, 0.2) is 5.76 Å². The smallest absolute Gasteiger partial charge is 0.287 e. The lowest BCUT2D eigenvalue weighted by Crippen LogP contribution is -2.31. The molecule has 0 saturated heterocycles. The summed E-state index contributed by atoms with van der Waals surface area (Å²) < 4.78 is 13.1. The average Bonchev–Trinajstić information content (AvgIpc) is 3.48. The van der Waals surface area contributed by atoms with Crippen LogP contribution in [0.3, 0.4) is 0 Å². The summed E-state index contributed by atoms with van der Waals surface area (Å²) in [7, 11) is 3.61. The highest BCUT2D eigenvalue weighted by Crippen LogP contribution is 2.26. The largest absolute Gasteiger partial charge is 0.497 e. The molecule has 0 aliphatic carbocycles. The number of hydrogen-bond donors (Lipinski definition) is 1. The highest BCUT2D eigenvalue weighted by atomic mass is 16.5. The molecular weight excluding hydrogens is 426 g/mol. The van der Waals surface area contributed by atoms with Crippen molar-refractivity contribution in [3.05, 3.63) is 108 Å². The molecule has 0 bridgehead atoms. The number of hydrogen-bond acceptors (Lipinski definition) is 4. The van der Waals surface area contributed by atoms with Gasteiger partial charge < -0.3 is 19.0 Å². The molecule has 6 heteroatoms. The number of amides is 1. The second-order valence-electron chi connectivity index (χ2n) is 8.15. The summed E-state index contributed by atoms with van der Waals surface area (Å²) in [6, 6.07) is 26.9. The fraction of sp³-hybridized carbons (Fsp3) is 0.143. The standard InChI is InChI=1S/C28H25N3O3/c1-31-24(20-8-4-3-5-9-20)18-29-27(31)23(16-19-12-14-22(33-2)15-13-19)30-28(32)26-17-21-10-6-7-11-25(21)34-26/h3-15,17-18,23H,16H2,1-2H3,(H,30,32). The zero-order valence-electron chi connectivity index (χ0n) is 19.1. The van der Waals surface area contributed by atoms with E-state index in [2.05, 4.69) is 5.32 Å². The van der Waals surface area contributed by atoms with Crippen LogP contribution in [0.4, 0.5) is 0 Å². The zero-order valence-corrected chi connectivity index (χ0v) is 19.1. The molecule has 34 heavy (non-hydrogen) atoms. The van der Waals surface area contributed by atoms with E-state index in [1.807, 2.05) is 96.7 Å². The van der Waals surface area contributed by atoms with Crippen molar-refractivity contribution in [3.8, 4) is 17.0 Å². The van der Waals surface area contributed by atoms with Crippen LogP contribution in [0, 0.1) is 0 Å². The summed E-state index contributed by atoms with van der Waals surface area (Å²) in [6.45, 7) is 0. The van der Waals surface area contributed by atoms with Gasteiger partial charge in [-0.2, -0.15) is 0 Å². The van der Waals surface area contributed by atoms with Crippen LogP contribution in [0.2, 0.25) is 0 Å². The van der Waals surface area contributed by atoms with Gasteiger partial charge in [-0.25, -0.2) is 4.98 Å². The number of rotatable bonds is 7. The lowest BCUT2D eigenvalue weighted by Gasteiger charge is -2.19. The van der Waals surface area contributed by atoms with Gasteiger partial charge >= 0.3 is 0 Å². The Bertz CT molecular complexity index is 1390. The molecule has 0 aliphatic rings. The van der Waals surface area contributed by atoms with E-state index in [1.54, 1.807) is 13.2 Å². The number of fused-ring (bicyclic) bond motifs is 1. The van der Waals surface area contributed by atoms with Crippen LogP contribution in [0.15, 0.2) is 95.5 Å². The Morgan fingerprint density at radius 2 is 1.76 bits per heavy atom. The van der Waals surface area contributed by atoms with E-state index in [-0.39, 0.29) is 17.7 Å². The van der Waals surface area contributed by atoms with E-state index in [4.69, 9.17) is 14.1 Å². The minimum absolute atomic E-state index is 0.276. The van der Waals surface area contributed by atoms with E-state index in [9.17, 15) is 4.79 Å². The first-order chi connectivity index (χ1) is 16.6. The van der Waals surface area contributed by atoms with Crippen molar-refractivity contribution in [3.63, 3.8) is 0 Å². The molecule has 3 aromatic carbocycles. The number of imidazole rings is 1. The van der Waals surface area contributed by atoms with Gasteiger partial charge in [0, 0.05) is 12.4 Å². The number of carbonyl (C=O) groups excluding carboxylic acids is 1. The molecule has 5 aromatic rings. The minimum Gasteiger partial charge on any atom is -0.497 e. The van der Waals surface area contributed by atoms with Crippen LogP contribution in [0.5, 0.6) is 5.75 Å². The highest BCUT2D eigenvalue weighted by Gasteiger charge is 2.24. The third-order valence-electron chi connectivity index (χ3n) is 5.96. The maximum atomic E-state index is 13.2. The molecule has 2 aromatic heterocycles. The van der Waals surface area contributed by atoms with E-state index < -0.39 is 0 Å². The van der Waals surface area contributed by atoms with Crippen molar-refractivity contribution >= 4 is 16.9 Å². The first-order valence-corrected chi connectivity index (χ1v) is 11.1. The Morgan fingerprint density at radius 1 is 1.03 bits per heavy atom. The molecule has 0 aliphatic heterocycles. The monoisotopic (exact) mass is 451 g/mol. The number of nitrogens with one attached hydrogen (secondary N) is 1. The fourth-order valence-corrected chi connectivity index (χ4v) is 4.15. The van der Waals surface area contributed by atoms with Crippen LogP contribution in [-0.2, 0) is 13.5 Å². The van der Waals surface area contributed by atoms with Gasteiger partial charge in [-0.3, -0.25) is 4.79 Å². The Morgan fingerprint density at radius 3 is 2.50 bits per heavy atom. The summed E-state index contributed by atoms with van der Waals surface area (Å²) in [5.74, 6) is 1.55. The van der Waals surface area contributed by atoms with Crippen LogP contribution in [0.1, 0.15) is 28.0 Å². The molecule has 5 rings (SSSR count). The number of methoxy groups -OCH3 is 1. The number of furan rings is 1.